The van der Waals surface area contributed by atoms with Crippen LogP contribution < -0.4 is 10.2 Å². The van der Waals surface area contributed by atoms with Crippen molar-refractivity contribution in [2.45, 2.75) is 33.7 Å². The summed E-state index contributed by atoms with van der Waals surface area (Å²) in [5.74, 6) is 0.727. The molecule has 1 aliphatic heterocycles. The number of hydrogen-bond donors (Lipinski definition) is 1. The molecule has 180 valence electrons. The number of benzene rings is 2. The average Bonchev–Trinajstić information content (AvgIpc) is 3.22. The van der Waals surface area contributed by atoms with Crippen LogP contribution in [0.4, 0.5) is 11.4 Å². The molecule has 6 nitrogen and oxygen atoms in total. The van der Waals surface area contributed by atoms with Gasteiger partial charge in [-0.1, -0.05) is 37.3 Å². The second kappa shape index (κ2) is 10.1. The predicted molar refractivity (Wildman–Crippen MR) is 145 cm³/mol. The van der Waals surface area contributed by atoms with Crippen LogP contribution in [0.2, 0.25) is 0 Å². The van der Waals surface area contributed by atoms with Gasteiger partial charge in [0.25, 0.3) is 5.91 Å². The van der Waals surface area contributed by atoms with Gasteiger partial charge in [-0.25, -0.2) is 9.97 Å². The molecule has 0 spiro atoms. The standard InChI is InChI=1S/C28H31N5OS/c1-4-24-29-20(3)25-19(2)26(35-28(25)31-24)27(34)30-22-10-12-23(13-11-22)33-16-14-32(15-17-33)18-21-8-6-5-7-9-21/h5-13H,4,14-18H2,1-3H3,(H,30,34). The maximum atomic E-state index is 13.1. The Bertz CT molecular complexity index is 1330. The molecule has 0 saturated carbocycles. The first-order valence-electron chi connectivity index (χ1n) is 12.2. The Morgan fingerprint density at radius 2 is 1.69 bits per heavy atom. The number of aromatic nitrogens is 2. The Labute approximate surface area is 210 Å². The molecule has 2 aromatic carbocycles. The van der Waals surface area contributed by atoms with Crippen molar-refractivity contribution in [3.05, 3.63) is 82.1 Å². The molecule has 1 fully saturated rings. The predicted octanol–water partition coefficient (Wildman–Crippen LogP) is 5.45. The Hall–Kier alpha value is -3.29. The molecule has 3 heterocycles. The van der Waals surface area contributed by atoms with Crippen LogP contribution in [0.25, 0.3) is 10.2 Å². The number of anilines is 2. The zero-order chi connectivity index (χ0) is 24.4. The quantitative estimate of drug-likeness (QED) is 0.394. The molecule has 2 aromatic heterocycles. The van der Waals surface area contributed by atoms with E-state index < -0.39 is 0 Å². The first kappa shape index (κ1) is 23.5. The van der Waals surface area contributed by atoms with Gasteiger partial charge in [-0.3, -0.25) is 9.69 Å². The molecule has 7 heteroatoms. The van der Waals surface area contributed by atoms with Gasteiger partial charge >= 0.3 is 0 Å². The van der Waals surface area contributed by atoms with Gasteiger partial charge in [0.05, 0.1) is 4.88 Å². The molecule has 1 N–H and O–H groups in total. The SMILES string of the molecule is CCc1nc(C)c2c(C)c(C(=O)Nc3ccc(N4CCN(Cc5ccccc5)CC4)cc3)sc2n1. The number of piperazine rings is 1. The summed E-state index contributed by atoms with van der Waals surface area (Å²) in [5.41, 5.74) is 5.25. The molecule has 0 radical (unpaired) electrons. The van der Waals surface area contributed by atoms with Crippen molar-refractivity contribution in [1.82, 2.24) is 14.9 Å². The van der Waals surface area contributed by atoms with E-state index >= 15 is 0 Å². The molecule has 0 unspecified atom stereocenters. The Morgan fingerprint density at radius 3 is 2.37 bits per heavy atom. The van der Waals surface area contributed by atoms with E-state index in [1.165, 1.54) is 22.6 Å². The summed E-state index contributed by atoms with van der Waals surface area (Å²) in [7, 11) is 0. The monoisotopic (exact) mass is 485 g/mol. The Balaban J connectivity index is 1.22. The smallest absolute Gasteiger partial charge is 0.266 e. The van der Waals surface area contributed by atoms with Gasteiger partial charge in [0, 0.05) is 61.6 Å². The topological polar surface area (TPSA) is 61.4 Å². The molecule has 0 atom stereocenters. The van der Waals surface area contributed by atoms with Crippen LogP contribution in [0.3, 0.4) is 0 Å². The van der Waals surface area contributed by atoms with Gasteiger partial charge in [-0.05, 0) is 49.2 Å². The zero-order valence-electron chi connectivity index (χ0n) is 20.5. The third-order valence-electron chi connectivity index (χ3n) is 6.65. The van der Waals surface area contributed by atoms with Crippen molar-refractivity contribution in [3.63, 3.8) is 0 Å². The molecule has 4 aromatic rings. The Kier molecular flexibility index (Phi) is 6.79. The minimum atomic E-state index is -0.0924. The van der Waals surface area contributed by atoms with E-state index in [9.17, 15) is 4.79 Å². The molecule has 0 aliphatic carbocycles. The third kappa shape index (κ3) is 5.06. The lowest BCUT2D eigenvalue weighted by atomic mass is 10.1. The second-order valence-electron chi connectivity index (χ2n) is 9.06. The third-order valence-corrected chi connectivity index (χ3v) is 7.84. The fraction of sp³-hybridized carbons (Fsp3) is 0.321. The van der Waals surface area contributed by atoms with Crippen LogP contribution in [-0.4, -0.2) is 47.0 Å². The molecule has 0 bridgehead atoms. The normalized spacial score (nSPS) is 14.4. The number of nitrogens with zero attached hydrogens (tertiary/aromatic N) is 4. The van der Waals surface area contributed by atoms with Crippen LogP contribution >= 0.6 is 11.3 Å². The molecule has 1 saturated heterocycles. The number of carbonyl (C=O) groups is 1. The number of nitrogens with one attached hydrogen (secondary N) is 1. The number of carbonyl (C=O) groups excluding carboxylic acids is 1. The fourth-order valence-corrected chi connectivity index (χ4v) is 5.86. The van der Waals surface area contributed by atoms with Crippen LogP contribution in [0.15, 0.2) is 54.6 Å². The minimum Gasteiger partial charge on any atom is -0.369 e. The summed E-state index contributed by atoms with van der Waals surface area (Å²) >= 11 is 1.45. The van der Waals surface area contributed by atoms with Crippen LogP contribution in [0, 0.1) is 13.8 Å². The maximum Gasteiger partial charge on any atom is 0.266 e. The van der Waals surface area contributed by atoms with Gasteiger partial charge in [-0.15, -0.1) is 11.3 Å². The number of rotatable bonds is 6. The van der Waals surface area contributed by atoms with E-state index in [0.29, 0.717) is 4.88 Å². The van der Waals surface area contributed by atoms with Gasteiger partial charge in [-0.2, -0.15) is 0 Å². The first-order chi connectivity index (χ1) is 17.0. The highest BCUT2D eigenvalue weighted by Gasteiger charge is 2.20. The first-order valence-corrected chi connectivity index (χ1v) is 13.0. The summed E-state index contributed by atoms with van der Waals surface area (Å²) < 4.78 is 0. The van der Waals surface area contributed by atoms with E-state index in [2.05, 4.69) is 67.5 Å². The lowest BCUT2D eigenvalue weighted by Gasteiger charge is -2.36. The van der Waals surface area contributed by atoms with Crippen LogP contribution in [-0.2, 0) is 13.0 Å². The summed E-state index contributed by atoms with van der Waals surface area (Å²) in [4.78, 5) is 28.8. The highest BCUT2D eigenvalue weighted by Crippen LogP contribution is 2.32. The fourth-order valence-electron chi connectivity index (χ4n) is 4.72. The van der Waals surface area contributed by atoms with E-state index in [-0.39, 0.29) is 5.91 Å². The number of amides is 1. The average molecular weight is 486 g/mol. The molecule has 35 heavy (non-hydrogen) atoms. The largest absolute Gasteiger partial charge is 0.369 e. The number of hydrogen-bond acceptors (Lipinski definition) is 6. The van der Waals surface area contributed by atoms with Crippen molar-refractivity contribution in [1.29, 1.82) is 0 Å². The summed E-state index contributed by atoms with van der Waals surface area (Å²) in [6, 6.07) is 18.8. The number of fused-ring (bicyclic) bond motifs is 1. The van der Waals surface area contributed by atoms with Gasteiger partial charge in [0.15, 0.2) is 0 Å². The second-order valence-corrected chi connectivity index (χ2v) is 10.1. The van der Waals surface area contributed by atoms with Crippen molar-refractivity contribution in [2.24, 2.45) is 0 Å². The van der Waals surface area contributed by atoms with Gasteiger partial charge in [0.1, 0.15) is 10.7 Å². The molecule has 1 aliphatic rings. The molecule has 1 amide bonds. The van der Waals surface area contributed by atoms with E-state index in [0.717, 1.165) is 72.1 Å². The van der Waals surface area contributed by atoms with Crippen molar-refractivity contribution >= 4 is 38.8 Å². The van der Waals surface area contributed by atoms with Crippen molar-refractivity contribution < 1.29 is 4.79 Å². The van der Waals surface area contributed by atoms with Crippen LogP contribution in [0.5, 0.6) is 0 Å². The van der Waals surface area contributed by atoms with Gasteiger partial charge in [0.2, 0.25) is 0 Å². The van der Waals surface area contributed by atoms with E-state index in [1.807, 2.05) is 32.9 Å². The summed E-state index contributed by atoms with van der Waals surface area (Å²) in [6.45, 7) is 11.1. The van der Waals surface area contributed by atoms with Crippen molar-refractivity contribution in [2.75, 3.05) is 36.4 Å². The van der Waals surface area contributed by atoms with Crippen molar-refractivity contribution in [3.8, 4) is 0 Å². The van der Waals surface area contributed by atoms with Gasteiger partial charge < -0.3 is 10.2 Å². The Morgan fingerprint density at radius 1 is 0.971 bits per heavy atom. The lowest BCUT2D eigenvalue weighted by Crippen LogP contribution is -2.45. The minimum absolute atomic E-state index is 0.0924. The molecular weight excluding hydrogens is 454 g/mol. The number of thiophene rings is 1. The van der Waals surface area contributed by atoms with Crippen LogP contribution in [0.1, 0.15) is 39.2 Å². The highest BCUT2D eigenvalue weighted by molar-refractivity contribution is 7.20. The van der Waals surface area contributed by atoms with E-state index in [4.69, 9.17) is 0 Å². The maximum absolute atomic E-state index is 13.1. The zero-order valence-corrected chi connectivity index (χ0v) is 21.4. The van der Waals surface area contributed by atoms with E-state index in [1.54, 1.807) is 0 Å². The lowest BCUT2D eigenvalue weighted by molar-refractivity contribution is 0.103. The molecule has 5 rings (SSSR count). The highest BCUT2D eigenvalue weighted by atomic mass is 32.1. The number of aryl methyl sites for hydroxylation is 3. The summed E-state index contributed by atoms with van der Waals surface area (Å²) in [6.07, 6.45) is 0.781. The molecular formula is C28H31N5OS. The summed E-state index contributed by atoms with van der Waals surface area (Å²) in [5, 5.41) is 4.07.